The van der Waals surface area contributed by atoms with Crippen molar-refractivity contribution < 1.29 is 29.3 Å². The third-order valence-corrected chi connectivity index (χ3v) is 6.22. The van der Waals surface area contributed by atoms with Crippen molar-refractivity contribution in [2.45, 2.75) is 64.8 Å². The van der Waals surface area contributed by atoms with Crippen LogP contribution in [0.15, 0.2) is 66.7 Å². The molecule has 39 heavy (non-hydrogen) atoms. The molecule has 3 atom stereocenters. The van der Waals surface area contributed by atoms with Gasteiger partial charge in [-0.25, -0.2) is 4.79 Å². The van der Waals surface area contributed by atoms with Gasteiger partial charge in [-0.3, -0.25) is 9.59 Å². The zero-order valence-electron chi connectivity index (χ0n) is 23.0. The molecule has 0 saturated carbocycles. The number of rotatable bonds is 9. The molecule has 0 aliphatic rings. The van der Waals surface area contributed by atoms with Gasteiger partial charge in [-0.15, -0.1) is 0 Å². The monoisotopic (exact) mass is 535 g/mol. The Morgan fingerprint density at radius 1 is 0.974 bits per heavy atom. The number of benzene rings is 3. The van der Waals surface area contributed by atoms with Gasteiger partial charge in [-0.2, -0.15) is 0 Å². The maximum absolute atomic E-state index is 13.9. The molecule has 0 fully saturated rings. The van der Waals surface area contributed by atoms with Crippen molar-refractivity contribution in [3.63, 3.8) is 0 Å². The third kappa shape index (κ3) is 7.70. The van der Waals surface area contributed by atoms with Gasteiger partial charge in [0.05, 0.1) is 6.61 Å². The Labute approximate surface area is 228 Å². The number of nitrogens with zero attached hydrogens (tertiary/aromatic N) is 1. The van der Waals surface area contributed by atoms with Crippen molar-refractivity contribution in [1.82, 2.24) is 10.2 Å². The minimum absolute atomic E-state index is 0.0712. The van der Waals surface area contributed by atoms with Gasteiger partial charge >= 0.3 is 6.09 Å². The molecule has 0 aliphatic heterocycles. The van der Waals surface area contributed by atoms with Crippen molar-refractivity contribution in [3.8, 4) is 5.75 Å². The molecule has 0 saturated heterocycles. The van der Waals surface area contributed by atoms with Crippen LogP contribution in [0.5, 0.6) is 5.75 Å². The number of carbonyl (C=O) groups is 3. The van der Waals surface area contributed by atoms with Gasteiger partial charge in [0.1, 0.15) is 23.4 Å². The largest absolute Gasteiger partial charge is 0.508 e. The summed E-state index contributed by atoms with van der Waals surface area (Å²) < 4.78 is 5.26. The molecule has 3 aromatic carbocycles. The number of hydrogen-bond donors (Lipinski definition) is 4. The van der Waals surface area contributed by atoms with E-state index in [2.05, 4.69) is 10.6 Å². The van der Waals surface area contributed by atoms with Crippen molar-refractivity contribution in [3.05, 3.63) is 72.3 Å². The van der Waals surface area contributed by atoms with Gasteiger partial charge in [0.15, 0.2) is 0 Å². The minimum Gasteiger partial charge on any atom is -0.508 e. The van der Waals surface area contributed by atoms with Crippen LogP contribution in [0.2, 0.25) is 0 Å². The van der Waals surface area contributed by atoms with E-state index in [0.29, 0.717) is 17.7 Å². The zero-order chi connectivity index (χ0) is 28.7. The maximum Gasteiger partial charge on any atom is 0.408 e. The lowest BCUT2D eigenvalue weighted by atomic mass is 9.99. The molecule has 0 aliphatic carbocycles. The number of alkyl carbamates (subject to hydrolysis) is 1. The van der Waals surface area contributed by atoms with Crippen molar-refractivity contribution >= 4 is 34.4 Å². The van der Waals surface area contributed by atoms with E-state index < -0.39 is 48.2 Å². The molecule has 0 radical (unpaired) electrons. The number of hydrogen-bond acceptors (Lipinski definition) is 6. The number of carbonyl (C=O) groups excluding carboxylic acids is 3. The second kappa shape index (κ2) is 12.6. The van der Waals surface area contributed by atoms with E-state index in [-0.39, 0.29) is 5.75 Å². The number of aliphatic hydroxyl groups is 1. The van der Waals surface area contributed by atoms with Crippen molar-refractivity contribution in [2.24, 2.45) is 0 Å². The first-order valence-corrected chi connectivity index (χ1v) is 12.9. The predicted octanol–water partition coefficient (Wildman–Crippen LogP) is 4.74. The molecule has 208 valence electrons. The average molecular weight is 536 g/mol. The zero-order valence-corrected chi connectivity index (χ0v) is 23.0. The molecule has 0 aromatic heterocycles. The van der Waals surface area contributed by atoms with Gasteiger partial charge in [0.2, 0.25) is 5.91 Å². The second-order valence-corrected chi connectivity index (χ2v) is 10.4. The number of ether oxygens (including phenoxy) is 1. The highest BCUT2D eigenvalue weighted by molar-refractivity contribution is 6.00. The van der Waals surface area contributed by atoms with Crippen LogP contribution < -0.4 is 10.6 Å². The molecule has 4 N–H and O–H groups in total. The summed E-state index contributed by atoms with van der Waals surface area (Å²) in [6, 6.07) is 16.3. The molecular formula is C30H37N3O6. The quantitative estimate of drug-likeness (QED) is 0.313. The fraction of sp³-hybridized carbons (Fsp3) is 0.367. The number of aromatic hydroxyl groups is 1. The lowest BCUT2D eigenvalue weighted by molar-refractivity contribution is -0.144. The lowest BCUT2D eigenvalue weighted by Crippen LogP contribution is -2.56. The van der Waals surface area contributed by atoms with Gasteiger partial charge in [-0.1, -0.05) is 49.4 Å². The van der Waals surface area contributed by atoms with Crippen LogP contribution in [0.4, 0.5) is 10.5 Å². The van der Waals surface area contributed by atoms with Crippen LogP contribution >= 0.6 is 0 Å². The van der Waals surface area contributed by atoms with Gasteiger partial charge < -0.3 is 30.5 Å². The Morgan fingerprint density at radius 2 is 1.67 bits per heavy atom. The van der Waals surface area contributed by atoms with Crippen LogP contribution in [-0.2, 0) is 14.3 Å². The normalized spacial score (nSPS) is 13.7. The van der Waals surface area contributed by atoms with Crippen molar-refractivity contribution in [2.75, 3.05) is 11.9 Å². The number of nitrogens with one attached hydrogen (secondary N) is 2. The molecule has 0 heterocycles. The van der Waals surface area contributed by atoms with Crippen LogP contribution in [0.3, 0.4) is 0 Å². The Balaban J connectivity index is 2.01. The summed E-state index contributed by atoms with van der Waals surface area (Å²) in [6.07, 6.45) is -0.386. The molecule has 3 unspecified atom stereocenters. The molecule has 9 nitrogen and oxygen atoms in total. The molecule has 3 rings (SSSR count). The summed E-state index contributed by atoms with van der Waals surface area (Å²) in [5.41, 5.74) is 0.0924. The summed E-state index contributed by atoms with van der Waals surface area (Å²) in [5.74, 6) is -1.25. The number of fused-ring (bicyclic) bond motifs is 1. The maximum atomic E-state index is 13.9. The fourth-order valence-electron chi connectivity index (χ4n) is 4.22. The summed E-state index contributed by atoms with van der Waals surface area (Å²) in [6.45, 7) is 7.98. The summed E-state index contributed by atoms with van der Waals surface area (Å²) in [7, 11) is 0. The highest BCUT2D eigenvalue weighted by atomic mass is 16.6. The topological polar surface area (TPSA) is 128 Å². The van der Waals surface area contributed by atoms with Crippen LogP contribution in [0, 0.1) is 0 Å². The first-order chi connectivity index (χ1) is 18.4. The minimum atomic E-state index is -1.36. The summed E-state index contributed by atoms with van der Waals surface area (Å²) >= 11 is 0. The Bertz CT molecular complexity index is 1320. The van der Waals surface area contributed by atoms with E-state index in [1.807, 2.05) is 43.3 Å². The molecule has 3 aromatic rings. The third-order valence-electron chi connectivity index (χ3n) is 6.22. The smallest absolute Gasteiger partial charge is 0.408 e. The number of aliphatic hydroxyl groups excluding tert-OH is 1. The first-order valence-electron chi connectivity index (χ1n) is 12.9. The predicted molar refractivity (Wildman–Crippen MR) is 150 cm³/mol. The SMILES string of the molecule is CCC(C)N(C(=O)C(CO)NC(=O)OC(C)(C)C)C(C(=O)Nc1ccc2ccccc2c1)c1cccc(O)c1. The standard InChI is InChI=1S/C30H37N3O6/c1-6-19(2)33(28(37)25(18-34)32-29(38)39-30(3,4)5)26(22-12-9-13-24(35)17-22)27(36)31-23-15-14-20-10-7-8-11-21(20)16-23/h7-17,19,25-26,34-35H,6,18H2,1-5H3,(H,31,36)(H,32,38). The lowest BCUT2D eigenvalue weighted by Gasteiger charge is -2.38. The Kier molecular flexibility index (Phi) is 9.53. The summed E-state index contributed by atoms with van der Waals surface area (Å²) in [4.78, 5) is 41.5. The van der Waals surface area contributed by atoms with E-state index in [9.17, 15) is 24.6 Å². The second-order valence-electron chi connectivity index (χ2n) is 10.4. The molecule has 9 heteroatoms. The van der Waals surface area contributed by atoms with Crippen LogP contribution in [-0.4, -0.2) is 57.3 Å². The average Bonchev–Trinajstić information content (AvgIpc) is 2.88. The first kappa shape index (κ1) is 29.4. The van der Waals surface area contributed by atoms with Gasteiger partial charge in [-0.05, 0) is 74.7 Å². The highest BCUT2D eigenvalue weighted by Gasteiger charge is 2.38. The molecule has 0 bridgehead atoms. The van der Waals surface area contributed by atoms with E-state index in [1.54, 1.807) is 45.9 Å². The van der Waals surface area contributed by atoms with Crippen LogP contribution in [0.25, 0.3) is 10.8 Å². The number of phenols is 1. The molecule has 0 spiro atoms. The van der Waals surface area contributed by atoms with E-state index >= 15 is 0 Å². The fourth-order valence-corrected chi connectivity index (χ4v) is 4.22. The number of anilines is 1. The molecular weight excluding hydrogens is 498 g/mol. The molecule has 3 amide bonds. The van der Waals surface area contributed by atoms with Gasteiger partial charge in [0, 0.05) is 11.7 Å². The van der Waals surface area contributed by atoms with E-state index in [0.717, 1.165) is 10.8 Å². The number of phenolic OH excluding ortho intramolecular Hbond substituents is 1. The number of amides is 3. The van der Waals surface area contributed by atoms with Gasteiger partial charge in [0.25, 0.3) is 5.91 Å². The summed E-state index contributed by atoms with van der Waals surface area (Å²) in [5, 5.41) is 27.5. The van der Waals surface area contributed by atoms with E-state index in [4.69, 9.17) is 4.74 Å². The van der Waals surface area contributed by atoms with Crippen LogP contribution in [0.1, 0.15) is 52.6 Å². The highest BCUT2D eigenvalue weighted by Crippen LogP contribution is 2.30. The Morgan fingerprint density at radius 3 is 2.28 bits per heavy atom. The van der Waals surface area contributed by atoms with Crippen molar-refractivity contribution in [1.29, 1.82) is 0 Å². The Hall–Kier alpha value is -4.11. The van der Waals surface area contributed by atoms with E-state index in [1.165, 1.54) is 17.0 Å².